The average molecular weight is 362 g/mol. The number of hydrogen-bond donors (Lipinski definition) is 1. The molecule has 136 valence electrons. The van der Waals surface area contributed by atoms with Crippen LogP contribution in [0.3, 0.4) is 0 Å². The predicted molar refractivity (Wildman–Crippen MR) is 103 cm³/mol. The van der Waals surface area contributed by atoms with E-state index < -0.39 is 6.17 Å². The summed E-state index contributed by atoms with van der Waals surface area (Å²) in [7, 11) is 2.01. The van der Waals surface area contributed by atoms with Crippen molar-refractivity contribution >= 4 is 16.7 Å². The van der Waals surface area contributed by atoms with Crippen LogP contribution >= 0.6 is 0 Å². The third-order valence-electron chi connectivity index (χ3n) is 5.26. The molecule has 0 saturated carbocycles. The molecule has 0 radical (unpaired) electrons. The van der Waals surface area contributed by atoms with Crippen LogP contribution in [0.2, 0.25) is 0 Å². The van der Waals surface area contributed by atoms with Crippen LogP contribution in [0.25, 0.3) is 33.4 Å². The Labute approximate surface area is 155 Å². The molecule has 4 heterocycles. The number of imidazole rings is 1. The Balaban J connectivity index is 1.59. The zero-order chi connectivity index (χ0) is 18.5. The van der Waals surface area contributed by atoms with E-state index in [0.29, 0.717) is 13.1 Å². The summed E-state index contributed by atoms with van der Waals surface area (Å²) in [6, 6.07) is 10.1. The zero-order valence-corrected chi connectivity index (χ0v) is 15.1. The van der Waals surface area contributed by atoms with Crippen molar-refractivity contribution in [3.63, 3.8) is 0 Å². The van der Waals surface area contributed by atoms with E-state index in [4.69, 9.17) is 0 Å². The number of aromatic amines is 1. The van der Waals surface area contributed by atoms with Gasteiger partial charge >= 0.3 is 0 Å². The van der Waals surface area contributed by atoms with Gasteiger partial charge in [0.15, 0.2) is 0 Å². The third kappa shape index (κ3) is 2.58. The van der Waals surface area contributed by atoms with Gasteiger partial charge in [0.25, 0.3) is 0 Å². The lowest BCUT2D eigenvalue weighted by Crippen LogP contribution is -2.48. The van der Waals surface area contributed by atoms with E-state index in [-0.39, 0.29) is 0 Å². The monoisotopic (exact) mass is 362 g/mol. The summed E-state index contributed by atoms with van der Waals surface area (Å²) in [6.45, 7) is 2.80. The number of aromatic nitrogens is 5. The third-order valence-corrected chi connectivity index (χ3v) is 5.26. The lowest BCUT2D eigenvalue weighted by molar-refractivity contribution is 0.273. The number of pyridine rings is 1. The summed E-state index contributed by atoms with van der Waals surface area (Å²) >= 11 is 0. The molecule has 1 aliphatic rings. The fourth-order valence-corrected chi connectivity index (χ4v) is 3.51. The maximum atomic E-state index is 13.2. The van der Waals surface area contributed by atoms with E-state index in [0.717, 1.165) is 45.1 Å². The summed E-state index contributed by atoms with van der Waals surface area (Å²) in [6.07, 6.45) is 2.88. The Kier molecular flexibility index (Phi) is 3.50. The molecule has 0 unspecified atom stereocenters. The SMILES string of the molecule is Cc1ncc(-c2ccc3[nH]nc(-c4ccnc(N5CC(F)C5)c4)c3c2)n1C. The van der Waals surface area contributed by atoms with Crippen LogP contribution in [0, 0.1) is 6.92 Å². The van der Waals surface area contributed by atoms with E-state index in [9.17, 15) is 4.39 Å². The molecule has 0 aliphatic carbocycles. The lowest BCUT2D eigenvalue weighted by Gasteiger charge is -2.35. The number of anilines is 1. The molecule has 5 rings (SSSR count). The van der Waals surface area contributed by atoms with E-state index in [1.54, 1.807) is 6.20 Å². The normalized spacial score (nSPS) is 14.7. The van der Waals surface area contributed by atoms with Crippen molar-refractivity contribution in [1.82, 2.24) is 24.7 Å². The number of H-pyrrole nitrogens is 1. The molecule has 0 amide bonds. The van der Waals surface area contributed by atoms with Gasteiger partial charge in [0.05, 0.1) is 30.5 Å². The fraction of sp³-hybridized carbons (Fsp3) is 0.250. The van der Waals surface area contributed by atoms with Crippen LogP contribution < -0.4 is 4.90 Å². The Bertz CT molecular complexity index is 1140. The molecule has 1 aliphatic heterocycles. The number of rotatable bonds is 3. The molecule has 0 spiro atoms. The van der Waals surface area contributed by atoms with Crippen molar-refractivity contribution in [3.05, 3.63) is 48.5 Å². The maximum absolute atomic E-state index is 13.2. The first kappa shape index (κ1) is 16.0. The molecule has 1 fully saturated rings. The molecule has 1 N–H and O–H groups in total. The smallest absolute Gasteiger partial charge is 0.135 e. The molecule has 1 saturated heterocycles. The number of hydrogen-bond acceptors (Lipinski definition) is 4. The van der Waals surface area contributed by atoms with Gasteiger partial charge in [-0.05, 0) is 31.2 Å². The van der Waals surface area contributed by atoms with Crippen LogP contribution in [0.5, 0.6) is 0 Å². The first-order valence-corrected chi connectivity index (χ1v) is 8.92. The van der Waals surface area contributed by atoms with Gasteiger partial charge in [-0.15, -0.1) is 0 Å². The molecule has 7 heteroatoms. The standard InChI is InChI=1S/C20H19FN6/c1-12-23-9-18(26(12)2)13-3-4-17-16(7-13)20(25-24-17)14-5-6-22-19(8-14)27-10-15(21)11-27/h3-9,15H,10-11H2,1-2H3,(H,24,25). The van der Waals surface area contributed by atoms with Crippen LogP contribution in [0.1, 0.15) is 5.82 Å². The molecule has 4 aromatic rings. The highest BCUT2D eigenvalue weighted by molar-refractivity contribution is 5.95. The van der Waals surface area contributed by atoms with E-state index >= 15 is 0 Å². The van der Waals surface area contributed by atoms with Crippen molar-refractivity contribution in [3.8, 4) is 22.5 Å². The van der Waals surface area contributed by atoms with Crippen LogP contribution in [-0.4, -0.2) is 44.0 Å². The zero-order valence-electron chi connectivity index (χ0n) is 15.1. The molecule has 0 atom stereocenters. The van der Waals surface area contributed by atoms with Crippen LogP contribution in [0.15, 0.2) is 42.7 Å². The number of nitrogens with one attached hydrogen (secondary N) is 1. The number of aryl methyl sites for hydroxylation is 1. The highest BCUT2D eigenvalue weighted by atomic mass is 19.1. The largest absolute Gasteiger partial charge is 0.351 e. The number of alkyl halides is 1. The van der Waals surface area contributed by atoms with Gasteiger partial charge in [-0.3, -0.25) is 5.10 Å². The van der Waals surface area contributed by atoms with E-state index in [1.807, 2.05) is 43.3 Å². The van der Waals surface area contributed by atoms with Crippen molar-refractivity contribution in [2.24, 2.45) is 7.05 Å². The number of fused-ring (bicyclic) bond motifs is 1. The minimum Gasteiger partial charge on any atom is -0.351 e. The Morgan fingerprint density at radius 3 is 2.70 bits per heavy atom. The van der Waals surface area contributed by atoms with Gasteiger partial charge in [0, 0.05) is 29.8 Å². The summed E-state index contributed by atoms with van der Waals surface area (Å²) in [5, 5.41) is 8.66. The first-order valence-electron chi connectivity index (χ1n) is 8.92. The maximum Gasteiger partial charge on any atom is 0.135 e. The second-order valence-electron chi connectivity index (χ2n) is 6.99. The molecule has 6 nitrogen and oxygen atoms in total. The first-order chi connectivity index (χ1) is 13.1. The minimum absolute atomic E-state index is 0.405. The Hall–Kier alpha value is -3.22. The molecule has 0 bridgehead atoms. The van der Waals surface area contributed by atoms with Crippen molar-refractivity contribution in [1.29, 1.82) is 0 Å². The van der Waals surface area contributed by atoms with Crippen LogP contribution in [-0.2, 0) is 7.05 Å². The van der Waals surface area contributed by atoms with E-state index in [2.05, 4.69) is 36.9 Å². The highest BCUT2D eigenvalue weighted by Gasteiger charge is 2.27. The number of benzene rings is 1. The lowest BCUT2D eigenvalue weighted by atomic mass is 10.0. The highest BCUT2D eigenvalue weighted by Crippen LogP contribution is 2.32. The molecule has 1 aromatic carbocycles. The summed E-state index contributed by atoms with van der Waals surface area (Å²) in [4.78, 5) is 10.7. The van der Waals surface area contributed by atoms with Crippen LogP contribution in [0.4, 0.5) is 10.2 Å². The van der Waals surface area contributed by atoms with Gasteiger partial charge in [-0.1, -0.05) is 6.07 Å². The van der Waals surface area contributed by atoms with Gasteiger partial charge in [-0.2, -0.15) is 5.10 Å². The van der Waals surface area contributed by atoms with Gasteiger partial charge < -0.3 is 9.47 Å². The Morgan fingerprint density at radius 2 is 1.96 bits per heavy atom. The second-order valence-corrected chi connectivity index (χ2v) is 6.99. The quantitative estimate of drug-likeness (QED) is 0.606. The summed E-state index contributed by atoms with van der Waals surface area (Å²) in [5.41, 5.74) is 4.95. The predicted octanol–water partition coefficient (Wildman–Crippen LogP) is 3.49. The topological polar surface area (TPSA) is 62.6 Å². The molecular weight excluding hydrogens is 343 g/mol. The number of halogens is 1. The second kappa shape index (κ2) is 5.90. The summed E-state index contributed by atoms with van der Waals surface area (Å²) in [5.74, 6) is 1.76. The molecule has 3 aromatic heterocycles. The average Bonchev–Trinajstić information content (AvgIpc) is 3.22. The van der Waals surface area contributed by atoms with Crippen molar-refractivity contribution in [2.45, 2.75) is 13.1 Å². The fourth-order valence-electron chi connectivity index (χ4n) is 3.51. The van der Waals surface area contributed by atoms with Gasteiger partial charge in [0.2, 0.25) is 0 Å². The van der Waals surface area contributed by atoms with Gasteiger partial charge in [0.1, 0.15) is 23.5 Å². The van der Waals surface area contributed by atoms with Crippen molar-refractivity contribution in [2.75, 3.05) is 18.0 Å². The van der Waals surface area contributed by atoms with Gasteiger partial charge in [-0.25, -0.2) is 14.4 Å². The summed E-state index contributed by atoms with van der Waals surface area (Å²) < 4.78 is 15.3. The number of nitrogens with zero attached hydrogens (tertiary/aromatic N) is 5. The molecular formula is C20H19FN6. The minimum atomic E-state index is -0.758. The van der Waals surface area contributed by atoms with Crippen molar-refractivity contribution < 1.29 is 4.39 Å². The Morgan fingerprint density at radius 1 is 1.11 bits per heavy atom. The van der Waals surface area contributed by atoms with E-state index in [1.165, 1.54) is 0 Å². The molecule has 27 heavy (non-hydrogen) atoms.